The van der Waals surface area contributed by atoms with Crippen LogP contribution in [0.3, 0.4) is 0 Å². The molecule has 1 aromatic rings. The standard InChI is InChI=1S/C18H27N3O3S/c1-14-3-10-25-17(14)13-20-11-15-16(12-20)24-18(22)21(15)5-2-4-19-6-8-23-9-7-19/h3,10,15-16H,2,4-9,11-13H2,1H3/t15-,16+/m0/s1. The van der Waals surface area contributed by atoms with Gasteiger partial charge in [0.25, 0.3) is 0 Å². The van der Waals surface area contributed by atoms with Gasteiger partial charge >= 0.3 is 6.09 Å². The first-order valence-electron chi connectivity index (χ1n) is 9.23. The lowest BCUT2D eigenvalue weighted by Crippen LogP contribution is -2.41. The second kappa shape index (κ2) is 7.61. The Bertz CT molecular complexity index is 602. The lowest BCUT2D eigenvalue weighted by molar-refractivity contribution is 0.0362. The Balaban J connectivity index is 1.28. The average molecular weight is 365 g/mol. The van der Waals surface area contributed by atoms with Crippen LogP contribution in [0.4, 0.5) is 4.79 Å². The Morgan fingerprint density at radius 2 is 2.04 bits per heavy atom. The molecule has 0 radical (unpaired) electrons. The molecule has 0 unspecified atom stereocenters. The van der Waals surface area contributed by atoms with Crippen molar-refractivity contribution in [2.24, 2.45) is 0 Å². The van der Waals surface area contributed by atoms with Crippen LogP contribution in [0.15, 0.2) is 11.4 Å². The summed E-state index contributed by atoms with van der Waals surface area (Å²) in [5, 5.41) is 2.15. The molecule has 6 nitrogen and oxygen atoms in total. The molecule has 3 fully saturated rings. The number of likely N-dealkylation sites (tertiary alicyclic amines) is 1. The van der Waals surface area contributed by atoms with Gasteiger partial charge in [0.05, 0.1) is 19.3 Å². The Hall–Kier alpha value is -1.15. The second-order valence-electron chi connectivity index (χ2n) is 7.21. The summed E-state index contributed by atoms with van der Waals surface area (Å²) in [5.41, 5.74) is 1.36. The maximum atomic E-state index is 12.2. The Kier molecular flexibility index (Phi) is 5.26. The molecule has 3 aliphatic heterocycles. The quantitative estimate of drug-likeness (QED) is 0.769. The summed E-state index contributed by atoms with van der Waals surface area (Å²) >= 11 is 1.82. The fourth-order valence-corrected chi connectivity index (χ4v) is 4.97. The predicted molar refractivity (Wildman–Crippen MR) is 97.0 cm³/mol. The molecule has 3 aliphatic rings. The van der Waals surface area contributed by atoms with Gasteiger partial charge in [-0.25, -0.2) is 4.79 Å². The number of aryl methyl sites for hydroxylation is 1. The Morgan fingerprint density at radius 1 is 1.20 bits per heavy atom. The van der Waals surface area contributed by atoms with Crippen molar-refractivity contribution in [1.29, 1.82) is 0 Å². The van der Waals surface area contributed by atoms with Gasteiger partial charge < -0.3 is 14.4 Å². The number of thiophene rings is 1. The van der Waals surface area contributed by atoms with Gasteiger partial charge in [-0.1, -0.05) is 0 Å². The van der Waals surface area contributed by atoms with Crippen LogP contribution in [0.2, 0.25) is 0 Å². The molecule has 2 atom stereocenters. The molecule has 0 saturated carbocycles. The van der Waals surface area contributed by atoms with Gasteiger partial charge in [0.15, 0.2) is 0 Å². The van der Waals surface area contributed by atoms with E-state index in [-0.39, 0.29) is 18.2 Å². The molecular formula is C18H27N3O3S. The van der Waals surface area contributed by atoms with Gasteiger partial charge in [0, 0.05) is 50.7 Å². The molecule has 1 amide bonds. The van der Waals surface area contributed by atoms with Crippen LogP contribution < -0.4 is 0 Å². The van der Waals surface area contributed by atoms with Crippen LogP contribution in [0.25, 0.3) is 0 Å². The van der Waals surface area contributed by atoms with Crippen molar-refractivity contribution in [2.45, 2.75) is 32.0 Å². The largest absolute Gasteiger partial charge is 0.442 e. The number of ether oxygens (including phenoxy) is 2. The van der Waals surface area contributed by atoms with E-state index < -0.39 is 0 Å². The van der Waals surface area contributed by atoms with Gasteiger partial charge in [0.2, 0.25) is 0 Å². The van der Waals surface area contributed by atoms with E-state index in [2.05, 4.69) is 28.2 Å². The van der Waals surface area contributed by atoms with E-state index in [4.69, 9.17) is 9.47 Å². The number of rotatable bonds is 6. The number of fused-ring (bicyclic) bond motifs is 1. The van der Waals surface area contributed by atoms with E-state index in [1.807, 2.05) is 16.2 Å². The summed E-state index contributed by atoms with van der Waals surface area (Å²) in [6.45, 7) is 10.4. The SMILES string of the molecule is Cc1ccsc1CN1C[C@H]2OC(=O)N(CCCN3CCOCC3)[C@H]2C1. The summed E-state index contributed by atoms with van der Waals surface area (Å²) in [6, 6.07) is 2.40. The van der Waals surface area contributed by atoms with Crippen LogP contribution in [0.5, 0.6) is 0 Å². The predicted octanol–water partition coefficient (Wildman–Crippen LogP) is 1.78. The summed E-state index contributed by atoms with van der Waals surface area (Å²) < 4.78 is 11.0. The topological polar surface area (TPSA) is 45.2 Å². The Labute approximate surface area is 153 Å². The summed E-state index contributed by atoms with van der Waals surface area (Å²) in [6.07, 6.45) is 0.919. The third kappa shape index (κ3) is 3.84. The molecule has 3 saturated heterocycles. The fourth-order valence-electron chi connectivity index (χ4n) is 4.03. The summed E-state index contributed by atoms with van der Waals surface area (Å²) in [7, 11) is 0. The first kappa shape index (κ1) is 17.3. The van der Waals surface area contributed by atoms with Gasteiger partial charge in [-0.15, -0.1) is 11.3 Å². The normalized spacial score (nSPS) is 27.7. The van der Waals surface area contributed by atoms with Gasteiger partial charge in [-0.3, -0.25) is 9.80 Å². The number of carbonyl (C=O) groups is 1. The molecule has 0 aromatic carbocycles. The molecule has 7 heteroatoms. The average Bonchev–Trinajstić information content (AvgIpc) is 3.26. The van der Waals surface area contributed by atoms with E-state index in [9.17, 15) is 4.79 Å². The van der Waals surface area contributed by atoms with Crippen LogP contribution in [-0.4, -0.2) is 85.4 Å². The number of amides is 1. The summed E-state index contributed by atoms with van der Waals surface area (Å²) in [5.74, 6) is 0. The van der Waals surface area contributed by atoms with Crippen molar-refractivity contribution in [1.82, 2.24) is 14.7 Å². The summed E-state index contributed by atoms with van der Waals surface area (Å²) in [4.78, 5) is 20.4. The van der Waals surface area contributed by atoms with Crippen molar-refractivity contribution < 1.29 is 14.3 Å². The number of nitrogens with zero attached hydrogens (tertiary/aromatic N) is 3. The van der Waals surface area contributed by atoms with E-state index >= 15 is 0 Å². The zero-order chi connectivity index (χ0) is 17.2. The smallest absolute Gasteiger partial charge is 0.410 e. The third-order valence-corrected chi connectivity index (χ3v) is 6.52. The highest BCUT2D eigenvalue weighted by atomic mass is 32.1. The maximum Gasteiger partial charge on any atom is 0.410 e. The van der Waals surface area contributed by atoms with Crippen molar-refractivity contribution in [2.75, 3.05) is 52.5 Å². The van der Waals surface area contributed by atoms with Gasteiger partial charge in [0.1, 0.15) is 6.10 Å². The molecule has 4 rings (SSSR count). The zero-order valence-electron chi connectivity index (χ0n) is 14.9. The Morgan fingerprint density at radius 3 is 2.80 bits per heavy atom. The molecule has 0 aliphatic carbocycles. The number of hydrogen-bond acceptors (Lipinski definition) is 6. The van der Waals surface area contributed by atoms with Crippen LogP contribution >= 0.6 is 11.3 Å². The van der Waals surface area contributed by atoms with E-state index in [1.165, 1.54) is 10.4 Å². The van der Waals surface area contributed by atoms with E-state index in [0.29, 0.717) is 0 Å². The first-order valence-corrected chi connectivity index (χ1v) is 10.1. The molecule has 4 heterocycles. The number of morpholine rings is 1. The molecule has 0 N–H and O–H groups in total. The highest BCUT2D eigenvalue weighted by Gasteiger charge is 2.47. The minimum atomic E-state index is -0.121. The van der Waals surface area contributed by atoms with Crippen LogP contribution in [0.1, 0.15) is 16.9 Å². The maximum absolute atomic E-state index is 12.2. The molecule has 1 aromatic heterocycles. The molecule has 0 spiro atoms. The van der Waals surface area contributed by atoms with Crippen molar-refractivity contribution in [3.05, 3.63) is 21.9 Å². The van der Waals surface area contributed by atoms with E-state index in [0.717, 1.165) is 65.4 Å². The monoisotopic (exact) mass is 365 g/mol. The zero-order valence-corrected chi connectivity index (χ0v) is 15.7. The number of hydrogen-bond donors (Lipinski definition) is 0. The molecular weight excluding hydrogens is 338 g/mol. The fraction of sp³-hybridized carbons (Fsp3) is 0.722. The van der Waals surface area contributed by atoms with Gasteiger partial charge in [-0.05, 0) is 30.4 Å². The molecule has 0 bridgehead atoms. The molecule has 25 heavy (non-hydrogen) atoms. The third-order valence-electron chi connectivity index (χ3n) is 5.51. The highest BCUT2D eigenvalue weighted by molar-refractivity contribution is 7.10. The first-order chi connectivity index (χ1) is 12.2. The molecule has 138 valence electrons. The lowest BCUT2D eigenvalue weighted by atomic mass is 10.2. The highest BCUT2D eigenvalue weighted by Crippen LogP contribution is 2.29. The van der Waals surface area contributed by atoms with Crippen molar-refractivity contribution in [3.63, 3.8) is 0 Å². The minimum absolute atomic E-state index is 0.0381. The van der Waals surface area contributed by atoms with E-state index in [1.54, 1.807) is 0 Å². The lowest BCUT2D eigenvalue weighted by Gasteiger charge is -2.28. The minimum Gasteiger partial charge on any atom is -0.442 e. The van der Waals surface area contributed by atoms with Crippen molar-refractivity contribution >= 4 is 17.4 Å². The van der Waals surface area contributed by atoms with Crippen molar-refractivity contribution in [3.8, 4) is 0 Å². The second-order valence-corrected chi connectivity index (χ2v) is 8.21. The van der Waals surface area contributed by atoms with Gasteiger partial charge in [-0.2, -0.15) is 0 Å². The van der Waals surface area contributed by atoms with Crippen LogP contribution in [-0.2, 0) is 16.0 Å². The number of carbonyl (C=O) groups excluding carboxylic acids is 1. The van der Waals surface area contributed by atoms with Crippen LogP contribution in [0, 0.1) is 6.92 Å².